The summed E-state index contributed by atoms with van der Waals surface area (Å²) in [6, 6.07) is 7.00. The van der Waals surface area contributed by atoms with Crippen LogP contribution in [0.3, 0.4) is 0 Å². The van der Waals surface area contributed by atoms with Crippen molar-refractivity contribution in [1.29, 1.82) is 5.26 Å². The Hall–Kier alpha value is -4.61. The smallest absolute Gasteiger partial charge is 0.309 e. The van der Waals surface area contributed by atoms with Gasteiger partial charge in [-0.2, -0.15) is 32.3 Å². The summed E-state index contributed by atoms with van der Waals surface area (Å²) in [6.07, 6.45) is -5.82. The van der Waals surface area contributed by atoms with Crippen molar-refractivity contribution in [3.05, 3.63) is 65.1 Å². The van der Waals surface area contributed by atoms with E-state index in [9.17, 15) is 36.4 Å². The number of carbonyl (C=O) groups is 1. The number of aromatic nitrogens is 6. The molecule has 4 aromatic rings. The molecule has 1 aliphatic rings. The average molecular weight is 532 g/mol. The number of hydrogen-bond acceptors (Lipinski definition) is 7. The lowest BCUT2D eigenvalue weighted by Gasteiger charge is -2.23. The number of nitrogens with zero attached hydrogens (tertiary/aromatic N) is 7. The quantitative estimate of drug-likeness (QED) is 0.386. The first-order chi connectivity index (χ1) is 17.8. The number of fused-ring (bicyclic) bond motifs is 2. The predicted molar refractivity (Wildman–Crippen MR) is 117 cm³/mol. The Morgan fingerprint density at radius 2 is 1.82 bits per heavy atom. The van der Waals surface area contributed by atoms with Crippen LogP contribution in [0.1, 0.15) is 35.9 Å². The highest BCUT2D eigenvalue weighted by Crippen LogP contribution is 2.44. The number of aryl methyl sites for hydroxylation is 1. The molecule has 5 rings (SSSR count). The second-order valence-electron chi connectivity index (χ2n) is 8.62. The average Bonchev–Trinajstić information content (AvgIpc) is 3.44. The van der Waals surface area contributed by atoms with E-state index in [0.717, 1.165) is 23.0 Å². The standard InChI is InChI=1S/C23H14F6N8O/c1-21(11-2-4-12(24)5-3-11)16-14(8-30)34-17(35-18(16)36-20(21)38)15-9-37-19(31-10-32-37)13(33-15)6-7-22(25,26)23(27,28)29/h2-5,9-10H,6-7H2,1H3,(H,34,35,36,38). The van der Waals surface area contributed by atoms with Gasteiger partial charge in [-0.1, -0.05) is 12.1 Å². The van der Waals surface area contributed by atoms with Crippen molar-refractivity contribution in [3.63, 3.8) is 0 Å². The van der Waals surface area contributed by atoms with Crippen molar-refractivity contribution in [2.75, 3.05) is 5.32 Å². The van der Waals surface area contributed by atoms with Crippen LogP contribution < -0.4 is 5.32 Å². The number of benzene rings is 1. The first kappa shape index (κ1) is 25.1. The predicted octanol–water partition coefficient (Wildman–Crippen LogP) is 3.98. The van der Waals surface area contributed by atoms with E-state index in [1.54, 1.807) is 0 Å². The van der Waals surface area contributed by atoms with Crippen molar-refractivity contribution in [2.45, 2.75) is 37.3 Å². The molecule has 1 unspecified atom stereocenters. The molecule has 0 spiro atoms. The molecule has 1 aliphatic heterocycles. The third-order valence-corrected chi connectivity index (χ3v) is 6.27. The van der Waals surface area contributed by atoms with Crippen LogP contribution in [0.25, 0.3) is 17.2 Å². The molecule has 1 N–H and O–H groups in total. The minimum absolute atomic E-state index is 0.0333. The molecule has 0 bridgehead atoms. The second-order valence-corrected chi connectivity index (χ2v) is 8.62. The third kappa shape index (κ3) is 3.88. The van der Waals surface area contributed by atoms with Gasteiger partial charge in [0.2, 0.25) is 5.91 Å². The molecular formula is C23H14F6N8O. The van der Waals surface area contributed by atoms with Gasteiger partial charge in [0, 0.05) is 6.42 Å². The Kier molecular flexibility index (Phi) is 5.58. The maximum atomic E-state index is 13.6. The molecule has 4 heterocycles. The normalized spacial score (nSPS) is 17.4. The highest BCUT2D eigenvalue weighted by atomic mass is 19.4. The lowest BCUT2D eigenvalue weighted by Crippen LogP contribution is -2.36. The van der Waals surface area contributed by atoms with Crippen LogP contribution in [0.5, 0.6) is 0 Å². The number of halogens is 6. The lowest BCUT2D eigenvalue weighted by molar-refractivity contribution is -0.284. The molecule has 38 heavy (non-hydrogen) atoms. The van der Waals surface area contributed by atoms with E-state index in [2.05, 4.69) is 30.4 Å². The van der Waals surface area contributed by atoms with E-state index in [1.165, 1.54) is 25.3 Å². The van der Waals surface area contributed by atoms with Gasteiger partial charge in [-0.25, -0.2) is 28.8 Å². The van der Waals surface area contributed by atoms with Crippen LogP contribution in [0.4, 0.5) is 32.2 Å². The van der Waals surface area contributed by atoms with Gasteiger partial charge >= 0.3 is 12.1 Å². The maximum absolute atomic E-state index is 13.6. The zero-order valence-electron chi connectivity index (χ0n) is 19.2. The number of nitrogens with one attached hydrogen (secondary N) is 1. The number of alkyl halides is 5. The summed E-state index contributed by atoms with van der Waals surface area (Å²) < 4.78 is 79.7. The van der Waals surface area contributed by atoms with Crippen LogP contribution in [0.15, 0.2) is 36.8 Å². The van der Waals surface area contributed by atoms with Gasteiger partial charge in [0.15, 0.2) is 17.2 Å². The largest absolute Gasteiger partial charge is 0.453 e. The number of nitriles is 1. The van der Waals surface area contributed by atoms with Crippen LogP contribution in [-0.4, -0.2) is 47.6 Å². The first-order valence-electron chi connectivity index (χ1n) is 10.9. The van der Waals surface area contributed by atoms with Gasteiger partial charge in [0.1, 0.15) is 35.1 Å². The fourth-order valence-electron chi connectivity index (χ4n) is 4.21. The molecule has 0 aliphatic carbocycles. The Balaban J connectivity index is 1.60. The minimum Gasteiger partial charge on any atom is -0.309 e. The second kappa shape index (κ2) is 8.47. The SMILES string of the molecule is CC1(c2ccc(F)cc2)C(=O)Nc2nc(-c3cn4ncnc4c(CCC(F)(F)C(F)(F)F)n3)nc(C#N)c21. The molecule has 0 fully saturated rings. The molecule has 3 aromatic heterocycles. The van der Waals surface area contributed by atoms with E-state index in [4.69, 9.17) is 0 Å². The summed E-state index contributed by atoms with van der Waals surface area (Å²) in [5.74, 6) is -6.30. The Morgan fingerprint density at radius 3 is 2.47 bits per heavy atom. The fourth-order valence-corrected chi connectivity index (χ4v) is 4.21. The summed E-state index contributed by atoms with van der Waals surface area (Å²) in [7, 11) is 0. The first-order valence-corrected chi connectivity index (χ1v) is 10.9. The minimum atomic E-state index is -5.74. The van der Waals surface area contributed by atoms with E-state index < -0.39 is 42.1 Å². The van der Waals surface area contributed by atoms with Crippen molar-refractivity contribution >= 4 is 17.4 Å². The number of carbonyl (C=O) groups excluding carboxylic acids is 1. The number of amides is 1. The van der Waals surface area contributed by atoms with Crippen molar-refractivity contribution < 1.29 is 31.1 Å². The van der Waals surface area contributed by atoms with Gasteiger partial charge in [-0.15, -0.1) is 0 Å². The molecular weight excluding hydrogens is 518 g/mol. The van der Waals surface area contributed by atoms with E-state index in [-0.39, 0.29) is 39.9 Å². The zero-order valence-corrected chi connectivity index (χ0v) is 19.2. The Labute approximate surface area is 209 Å². The van der Waals surface area contributed by atoms with Gasteiger partial charge in [-0.05, 0) is 31.0 Å². The van der Waals surface area contributed by atoms with E-state index >= 15 is 0 Å². The van der Waals surface area contributed by atoms with Crippen molar-refractivity contribution in [1.82, 2.24) is 29.5 Å². The summed E-state index contributed by atoms with van der Waals surface area (Å²) in [5.41, 5.74) is -1.55. The molecule has 1 atom stereocenters. The summed E-state index contributed by atoms with van der Waals surface area (Å²) in [4.78, 5) is 29.5. The zero-order chi connectivity index (χ0) is 27.5. The van der Waals surface area contributed by atoms with E-state index in [1.807, 2.05) is 6.07 Å². The Bertz CT molecular complexity index is 1630. The van der Waals surface area contributed by atoms with Crippen LogP contribution in [-0.2, 0) is 16.6 Å². The van der Waals surface area contributed by atoms with Crippen molar-refractivity contribution in [2.24, 2.45) is 0 Å². The Morgan fingerprint density at radius 1 is 1.11 bits per heavy atom. The van der Waals surface area contributed by atoms with Crippen LogP contribution in [0.2, 0.25) is 0 Å². The van der Waals surface area contributed by atoms with Crippen LogP contribution in [0, 0.1) is 17.1 Å². The summed E-state index contributed by atoms with van der Waals surface area (Å²) >= 11 is 0. The molecule has 1 amide bonds. The topological polar surface area (TPSA) is 122 Å². The summed E-state index contributed by atoms with van der Waals surface area (Å²) in [5, 5.41) is 16.3. The molecule has 0 saturated carbocycles. The monoisotopic (exact) mass is 532 g/mol. The number of anilines is 1. The van der Waals surface area contributed by atoms with Gasteiger partial charge in [0.25, 0.3) is 0 Å². The molecule has 9 nitrogen and oxygen atoms in total. The van der Waals surface area contributed by atoms with Crippen molar-refractivity contribution in [3.8, 4) is 17.6 Å². The lowest BCUT2D eigenvalue weighted by atomic mass is 9.77. The van der Waals surface area contributed by atoms with Gasteiger partial charge in [-0.3, -0.25) is 4.79 Å². The fraction of sp³-hybridized carbons (Fsp3) is 0.261. The highest BCUT2D eigenvalue weighted by Gasteiger charge is 2.56. The molecule has 0 radical (unpaired) electrons. The number of hydrogen-bond donors (Lipinski definition) is 1. The molecule has 0 saturated heterocycles. The summed E-state index contributed by atoms with van der Waals surface area (Å²) in [6.45, 7) is 1.52. The van der Waals surface area contributed by atoms with E-state index in [0.29, 0.717) is 5.56 Å². The maximum Gasteiger partial charge on any atom is 0.453 e. The molecule has 15 heteroatoms. The van der Waals surface area contributed by atoms with Gasteiger partial charge in [0.05, 0.1) is 17.5 Å². The number of rotatable bonds is 5. The molecule has 1 aromatic carbocycles. The highest BCUT2D eigenvalue weighted by molar-refractivity contribution is 6.08. The van der Waals surface area contributed by atoms with Gasteiger partial charge < -0.3 is 5.32 Å². The third-order valence-electron chi connectivity index (χ3n) is 6.27. The molecule has 194 valence electrons. The van der Waals surface area contributed by atoms with Crippen LogP contribution >= 0.6 is 0 Å².